The molecule has 0 radical (unpaired) electrons. The number of rotatable bonds is 9. The van der Waals surface area contributed by atoms with Gasteiger partial charge in [-0.25, -0.2) is 0 Å². The van der Waals surface area contributed by atoms with Crippen LogP contribution in [0.15, 0.2) is 60.7 Å². The molecule has 2 rings (SSSR count). The van der Waals surface area contributed by atoms with Crippen molar-refractivity contribution in [2.45, 2.75) is 25.8 Å². The van der Waals surface area contributed by atoms with E-state index in [9.17, 15) is 0 Å². The highest BCUT2D eigenvalue weighted by atomic mass is 15.1. The monoisotopic (exact) mass is 282 g/mol. The van der Waals surface area contributed by atoms with Crippen molar-refractivity contribution in [1.82, 2.24) is 4.90 Å². The summed E-state index contributed by atoms with van der Waals surface area (Å²) >= 11 is 0. The molecule has 0 aliphatic rings. The molecule has 0 aliphatic carbocycles. The average Bonchev–Trinajstić information content (AvgIpc) is 2.54. The number of nitrogens with zero attached hydrogens (tertiary/aromatic N) is 1. The molecule has 0 atom stereocenters. The maximum Gasteiger partial charge on any atom is 0.0234 e. The zero-order valence-electron chi connectivity index (χ0n) is 12.7. The van der Waals surface area contributed by atoms with Gasteiger partial charge in [0.15, 0.2) is 0 Å². The Morgan fingerprint density at radius 3 is 1.95 bits per heavy atom. The van der Waals surface area contributed by atoms with Crippen molar-refractivity contribution in [2.24, 2.45) is 5.73 Å². The van der Waals surface area contributed by atoms with Gasteiger partial charge < -0.3 is 5.73 Å². The first-order valence-corrected chi connectivity index (χ1v) is 7.89. The lowest BCUT2D eigenvalue weighted by atomic mass is 10.1. The van der Waals surface area contributed by atoms with Gasteiger partial charge in [0.1, 0.15) is 0 Å². The van der Waals surface area contributed by atoms with Crippen molar-refractivity contribution in [1.29, 1.82) is 0 Å². The number of hydrogen-bond donors (Lipinski definition) is 1. The molecule has 0 unspecified atom stereocenters. The van der Waals surface area contributed by atoms with Gasteiger partial charge in [0.25, 0.3) is 0 Å². The Hall–Kier alpha value is -1.64. The van der Waals surface area contributed by atoms with E-state index in [-0.39, 0.29) is 0 Å². The summed E-state index contributed by atoms with van der Waals surface area (Å²) in [7, 11) is 0. The van der Waals surface area contributed by atoms with Gasteiger partial charge in [-0.05, 0) is 36.9 Å². The number of benzene rings is 2. The molecule has 2 aromatic carbocycles. The molecule has 0 saturated heterocycles. The normalized spacial score (nSPS) is 11.0. The largest absolute Gasteiger partial charge is 0.329 e. The van der Waals surface area contributed by atoms with Crippen LogP contribution in [-0.4, -0.2) is 24.5 Å². The summed E-state index contributed by atoms with van der Waals surface area (Å²) in [4.78, 5) is 2.46. The number of nitrogens with two attached hydrogens (primary N) is 1. The lowest BCUT2D eigenvalue weighted by molar-refractivity contribution is 0.267. The van der Waals surface area contributed by atoms with Crippen LogP contribution in [0.3, 0.4) is 0 Å². The zero-order chi connectivity index (χ0) is 14.8. The molecule has 0 fully saturated rings. The molecule has 21 heavy (non-hydrogen) atoms. The first kappa shape index (κ1) is 15.7. The minimum atomic E-state index is 0.728. The molecule has 2 heteroatoms. The molecule has 0 spiro atoms. The van der Waals surface area contributed by atoms with Crippen molar-refractivity contribution < 1.29 is 0 Å². The van der Waals surface area contributed by atoms with Gasteiger partial charge >= 0.3 is 0 Å². The van der Waals surface area contributed by atoms with Crippen LogP contribution in [0.25, 0.3) is 0 Å². The van der Waals surface area contributed by atoms with Crippen LogP contribution >= 0.6 is 0 Å². The molecule has 2 N–H and O–H groups in total. The predicted molar refractivity (Wildman–Crippen MR) is 90.2 cm³/mol. The van der Waals surface area contributed by atoms with Gasteiger partial charge in [-0.2, -0.15) is 0 Å². The maximum absolute atomic E-state index is 5.74. The molecule has 0 bridgehead atoms. The third kappa shape index (κ3) is 6.11. The second-order valence-corrected chi connectivity index (χ2v) is 5.49. The van der Waals surface area contributed by atoms with Gasteiger partial charge in [-0.15, -0.1) is 0 Å². The minimum Gasteiger partial charge on any atom is -0.329 e. The SMILES string of the molecule is NCCN(CCCCc1ccccc1)Cc1ccccc1. The Morgan fingerprint density at radius 1 is 0.714 bits per heavy atom. The second kappa shape index (κ2) is 9.32. The Balaban J connectivity index is 1.72. The molecule has 0 saturated carbocycles. The van der Waals surface area contributed by atoms with E-state index in [1.807, 2.05) is 0 Å². The number of unbranched alkanes of at least 4 members (excludes halogenated alkanes) is 1. The average molecular weight is 282 g/mol. The van der Waals surface area contributed by atoms with Crippen molar-refractivity contribution in [3.8, 4) is 0 Å². The summed E-state index contributed by atoms with van der Waals surface area (Å²) in [5.74, 6) is 0. The summed E-state index contributed by atoms with van der Waals surface area (Å²) in [5.41, 5.74) is 8.54. The highest BCUT2D eigenvalue weighted by Crippen LogP contribution is 2.08. The van der Waals surface area contributed by atoms with Crippen molar-refractivity contribution in [3.05, 3.63) is 71.8 Å². The Kier molecular flexibility index (Phi) is 6.99. The van der Waals surface area contributed by atoms with E-state index in [2.05, 4.69) is 65.6 Å². The van der Waals surface area contributed by atoms with Gasteiger partial charge in [0.2, 0.25) is 0 Å². The molecule has 0 aromatic heterocycles. The highest BCUT2D eigenvalue weighted by molar-refractivity contribution is 5.15. The Morgan fingerprint density at radius 2 is 1.33 bits per heavy atom. The third-order valence-electron chi connectivity index (χ3n) is 3.73. The van der Waals surface area contributed by atoms with Crippen molar-refractivity contribution in [2.75, 3.05) is 19.6 Å². The second-order valence-electron chi connectivity index (χ2n) is 5.49. The molecular weight excluding hydrogens is 256 g/mol. The Bertz CT molecular complexity index is 481. The van der Waals surface area contributed by atoms with E-state index in [0.717, 1.165) is 26.2 Å². The predicted octanol–water partition coefficient (Wildman–Crippen LogP) is 3.47. The number of hydrogen-bond acceptors (Lipinski definition) is 2. The fourth-order valence-corrected chi connectivity index (χ4v) is 2.60. The number of aryl methyl sites for hydroxylation is 1. The summed E-state index contributed by atoms with van der Waals surface area (Å²) in [6, 6.07) is 21.4. The summed E-state index contributed by atoms with van der Waals surface area (Å²) in [5, 5.41) is 0. The van der Waals surface area contributed by atoms with Crippen LogP contribution in [0.4, 0.5) is 0 Å². The molecule has 2 aromatic rings. The minimum absolute atomic E-state index is 0.728. The smallest absolute Gasteiger partial charge is 0.0234 e. The molecule has 112 valence electrons. The van der Waals surface area contributed by atoms with Crippen molar-refractivity contribution in [3.63, 3.8) is 0 Å². The topological polar surface area (TPSA) is 29.3 Å². The van der Waals surface area contributed by atoms with E-state index < -0.39 is 0 Å². The van der Waals surface area contributed by atoms with Crippen LogP contribution < -0.4 is 5.73 Å². The summed E-state index contributed by atoms with van der Waals surface area (Å²) < 4.78 is 0. The first-order chi connectivity index (χ1) is 10.4. The van der Waals surface area contributed by atoms with Crippen LogP contribution in [0.5, 0.6) is 0 Å². The van der Waals surface area contributed by atoms with Crippen LogP contribution in [0, 0.1) is 0 Å². The van der Waals surface area contributed by atoms with Crippen LogP contribution in [-0.2, 0) is 13.0 Å². The maximum atomic E-state index is 5.74. The lowest BCUT2D eigenvalue weighted by Crippen LogP contribution is -2.30. The molecule has 2 nitrogen and oxygen atoms in total. The lowest BCUT2D eigenvalue weighted by Gasteiger charge is -2.21. The van der Waals surface area contributed by atoms with E-state index in [1.165, 1.54) is 30.4 Å². The van der Waals surface area contributed by atoms with Crippen molar-refractivity contribution >= 4 is 0 Å². The Labute approximate surface area is 128 Å². The zero-order valence-corrected chi connectivity index (χ0v) is 12.7. The summed E-state index contributed by atoms with van der Waals surface area (Å²) in [6.07, 6.45) is 3.63. The molecule has 0 aliphatic heterocycles. The quantitative estimate of drug-likeness (QED) is 0.714. The molecular formula is C19H26N2. The summed E-state index contributed by atoms with van der Waals surface area (Å²) in [6.45, 7) is 3.83. The standard InChI is InChI=1S/C19H26N2/c20-14-16-21(17-19-12-5-2-6-13-19)15-8-7-11-18-9-3-1-4-10-18/h1-6,9-10,12-13H,7-8,11,14-17,20H2. The van der Waals surface area contributed by atoms with E-state index in [0.29, 0.717) is 0 Å². The van der Waals surface area contributed by atoms with Crippen LogP contribution in [0.2, 0.25) is 0 Å². The fraction of sp³-hybridized carbons (Fsp3) is 0.368. The van der Waals surface area contributed by atoms with E-state index in [1.54, 1.807) is 0 Å². The van der Waals surface area contributed by atoms with Crippen LogP contribution in [0.1, 0.15) is 24.0 Å². The highest BCUT2D eigenvalue weighted by Gasteiger charge is 2.04. The third-order valence-corrected chi connectivity index (χ3v) is 3.73. The first-order valence-electron chi connectivity index (χ1n) is 7.89. The fourth-order valence-electron chi connectivity index (χ4n) is 2.60. The molecule has 0 heterocycles. The van der Waals surface area contributed by atoms with Gasteiger partial charge in [0, 0.05) is 19.6 Å². The molecule has 0 amide bonds. The van der Waals surface area contributed by atoms with E-state index >= 15 is 0 Å². The van der Waals surface area contributed by atoms with E-state index in [4.69, 9.17) is 5.73 Å². The van der Waals surface area contributed by atoms with Gasteiger partial charge in [0.05, 0.1) is 0 Å². The van der Waals surface area contributed by atoms with Gasteiger partial charge in [-0.1, -0.05) is 60.7 Å². The van der Waals surface area contributed by atoms with Gasteiger partial charge in [-0.3, -0.25) is 4.90 Å².